The van der Waals surface area contributed by atoms with E-state index in [1.807, 2.05) is 23.9 Å². The van der Waals surface area contributed by atoms with Gasteiger partial charge in [0.2, 0.25) is 5.91 Å². The van der Waals surface area contributed by atoms with Crippen LogP contribution in [0.3, 0.4) is 0 Å². The monoisotopic (exact) mass is 386 g/mol. The predicted molar refractivity (Wildman–Crippen MR) is 112 cm³/mol. The van der Waals surface area contributed by atoms with E-state index in [0.29, 0.717) is 24.0 Å². The summed E-state index contributed by atoms with van der Waals surface area (Å²) in [4.78, 5) is 30.8. The van der Waals surface area contributed by atoms with Gasteiger partial charge < -0.3 is 14.7 Å². The Morgan fingerprint density at radius 2 is 1.61 bits per heavy atom. The summed E-state index contributed by atoms with van der Waals surface area (Å²) in [5.41, 5.74) is 0. The molecule has 0 spiro atoms. The predicted octanol–water partition coefficient (Wildman–Crippen LogP) is 1.99. The Kier molecular flexibility index (Phi) is 5.45. The molecule has 1 aliphatic carbocycles. The number of rotatable bonds is 6. The maximum atomic E-state index is 12.8. The Hall–Kier alpha value is -1.89. The summed E-state index contributed by atoms with van der Waals surface area (Å²) in [6.45, 7) is 7.14. The van der Waals surface area contributed by atoms with Gasteiger partial charge in [-0.25, -0.2) is 9.97 Å². The van der Waals surface area contributed by atoms with E-state index in [1.165, 1.54) is 12.8 Å². The summed E-state index contributed by atoms with van der Waals surface area (Å²) in [6.07, 6.45) is 7.38. The van der Waals surface area contributed by atoms with Crippen LogP contribution in [0.1, 0.15) is 46.0 Å². The van der Waals surface area contributed by atoms with Gasteiger partial charge in [-0.05, 0) is 46.0 Å². The first-order valence-electron chi connectivity index (χ1n) is 10.8. The van der Waals surface area contributed by atoms with E-state index in [-0.39, 0.29) is 6.04 Å². The second kappa shape index (κ2) is 7.85. The van der Waals surface area contributed by atoms with Gasteiger partial charge in [-0.3, -0.25) is 9.69 Å². The number of likely N-dealkylation sites (tertiary alicyclic amines) is 2. The lowest BCUT2D eigenvalue weighted by Gasteiger charge is -2.41. The molecule has 1 aromatic rings. The van der Waals surface area contributed by atoms with Crippen LogP contribution >= 0.6 is 0 Å². The lowest BCUT2D eigenvalue weighted by Crippen LogP contribution is -2.51. The van der Waals surface area contributed by atoms with Crippen LogP contribution < -0.4 is 9.80 Å². The first kappa shape index (κ1) is 19.4. The molecule has 1 saturated carbocycles. The Morgan fingerprint density at radius 3 is 2.18 bits per heavy atom. The number of piperidine rings is 1. The summed E-state index contributed by atoms with van der Waals surface area (Å²) in [5.74, 6) is 2.35. The molecule has 1 amide bonds. The van der Waals surface area contributed by atoms with Gasteiger partial charge in [0.15, 0.2) is 0 Å². The minimum Gasteiger partial charge on any atom is -0.363 e. The standard InChI is InChI=1S/C21H34N6O/c1-15(2)26-12-9-18(21(26)28)25-10-7-17(8-11-25)27(16-5-6-16)20-13-19(24(3)4)22-14-23-20/h13-18H,5-12H2,1-4H3. The van der Waals surface area contributed by atoms with Gasteiger partial charge in [0.05, 0.1) is 6.04 Å². The Labute approximate surface area is 168 Å². The van der Waals surface area contributed by atoms with E-state index in [2.05, 4.69) is 39.7 Å². The van der Waals surface area contributed by atoms with Crippen LogP contribution in [0.2, 0.25) is 0 Å². The summed E-state index contributed by atoms with van der Waals surface area (Å²) in [7, 11) is 4.04. The Bertz CT molecular complexity index is 696. The second-order valence-electron chi connectivity index (χ2n) is 8.96. The first-order valence-corrected chi connectivity index (χ1v) is 10.8. The fourth-order valence-electron chi connectivity index (χ4n) is 4.76. The molecule has 154 valence electrons. The van der Waals surface area contributed by atoms with Crippen molar-refractivity contribution >= 4 is 17.5 Å². The van der Waals surface area contributed by atoms with Gasteiger partial charge in [-0.2, -0.15) is 0 Å². The lowest BCUT2D eigenvalue weighted by atomic mass is 10.0. The highest BCUT2D eigenvalue weighted by Gasteiger charge is 2.41. The molecule has 7 heteroatoms. The van der Waals surface area contributed by atoms with Gasteiger partial charge in [-0.15, -0.1) is 0 Å². The molecule has 28 heavy (non-hydrogen) atoms. The molecule has 1 unspecified atom stereocenters. The van der Waals surface area contributed by atoms with E-state index in [4.69, 9.17) is 0 Å². The molecule has 0 bridgehead atoms. The van der Waals surface area contributed by atoms with Crippen molar-refractivity contribution < 1.29 is 4.79 Å². The smallest absolute Gasteiger partial charge is 0.240 e. The third kappa shape index (κ3) is 3.81. The minimum atomic E-state index is 0.0946. The summed E-state index contributed by atoms with van der Waals surface area (Å²) in [6, 6.07) is 3.64. The highest BCUT2D eigenvalue weighted by atomic mass is 16.2. The van der Waals surface area contributed by atoms with Crippen molar-refractivity contribution in [1.82, 2.24) is 19.8 Å². The summed E-state index contributed by atoms with van der Waals surface area (Å²) >= 11 is 0. The molecule has 1 aromatic heterocycles. The maximum Gasteiger partial charge on any atom is 0.240 e. The van der Waals surface area contributed by atoms with Crippen molar-refractivity contribution in [3.05, 3.63) is 12.4 Å². The molecule has 4 rings (SSSR count). The van der Waals surface area contributed by atoms with Crippen molar-refractivity contribution in [2.45, 2.75) is 70.1 Å². The van der Waals surface area contributed by atoms with E-state index >= 15 is 0 Å². The molecule has 3 fully saturated rings. The average molecular weight is 387 g/mol. The quantitative estimate of drug-likeness (QED) is 0.745. The number of carbonyl (C=O) groups excluding carboxylic acids is 1. The number of amides is 1. The van der Waals surface area contributed by atoms with E-state index < -0.39 is 0 Å². The number of nitrogens with zero attached hydrogens (tertiary/aromatic N) is 6. The van der Waals surface area contributed by atoms with Gasteiger partial charge in [-0.1, -0.05) is 0 Å². The second-order valence-corrected chi connectivity index (χ2v) is 8.96. The van der Waals surface area contributed by atoms with Crippen LogP contribution in [0.5, 0.6) is 0 Å². The minimum absolute atomic E-state index is 0.0946. The van der Waals surface area contributed by atoms with Crippen molar-refractivity contribution in [2.24, 2.45) is 0 Å². The molecule has 2 aliphatic heterocycles. The Morgan fingerprint density at radius 1 is 0.964 bits per heavy atom. The molecule has 1 atom stereocenters. The maximum absolute atomic E-state index is 12.8. The zero-order chi connectivity index (χ0) is 19.8. The van der Waals surface area contributed by atoms with Crippen LogP contribution in [-0.2, 0) is 4.79 Å². The summed E-state index contributed by atoms with van der Waals surface area (Å²) < 4.78 is 0. The lowest BCUT2D eigenvalue weighted by molar-refractivity contribution is -0.133. The highest BCUT2D eigenvalue weighted by Crippen LogP contribution is 2.36. The van der Waals surface area contributed by atoms with E-state index in [0.717, 1.165) is 50.5 Å². The summed E-state index contributed by atoms with van der Waals surface area (Å²) in [5, 5.41) is 0. The van der Waals surface area contributed by atoms with Crippen molar-refractivity contribution in [1.29, 1.82) is 0 Å². The molecule has 0 N–H and O–H groups in total. The first-order chi connectivity index (χ1) is 13.5. The molecular weight excluding hydrogens is 352 g/mol. The third-order valence-corrected chi connectivity index (χ3v) is 6.47. The number of hydrogen-bond acceptors (Lipinski definition) is 6. The topological polar surface area (TPSA) is 55.8 Å². The number of hydrogen-bond donors (Lipinski definition) is 0. The average Bonchev–Trinajstić information content (AvgIpc) is 3.43. The van der Waals surface area contributed by atoms with Crippen LogP contribution in [0, 0.1) is 0 Å². The van der Waals surface area contributed by atoms with Crippen LogP contribution in [0.15, 0.2) is 12.4 Å². The van der Waals surface area contributed by atoms with Crippen molar-refractivity contribution in [2.75, 3.05) is 43.5 Å². The SMILES string of the molecule is CC(C)N1CCC(N2CCC(N(c3cc(N(C)C)ncn3)C3CC3)CC2)C1=O. The van der Waals surface area contributed by atoms with Crippen molar-refractivity contribution in [3.63, 3.8) is 0 Å². The highest BCUT2D eigenvalue weighted by molar-refractivity contribution is 5.84. The number of carbonyl (C=O) groups is 1. The molecule has 0 aromatic carbocycles. The molecule has 3 aliphatic rings. The molecule has 3 heterocycles. The Balaban J connectivity index is 1.42. The van der Waals surface area contributed by atoms with Crippen molar-refractivity contribution in [3.8, 4) is 0 Å². The van der Waals surface area contributed by atoms with Gasteiger partial charge in [0.1, 0.15) is 18.0 Å². The number of anilines is 2. The van der Waals surface area contributed by atoms with Gasteiger partial charge >= 0.3 is 0 Å². The molecule has 0 radical (unpaired) electrons. The van der Waals surface area contributed by atoms with Gasteiger partial charge in [0, 0.05) is 57.9 Å². The zero-order valence-electron chi connectivity index (χ0n) is 17.7. The number of aromatic nitrogens is 2. The zero-order valence-corrected chi connectivity index (χ0v) is 17.7. The van der Waals surface area contributed by atoms with Crippen LogP contribution in [-0.4, -0.2) is 83.6 Å². The van der Waals surface area contributed by atoms with E-state index in [9.17, 15) is 4.79 Å². The molecule has 2 saturated heterocycles. The normalized spacial score (nSPS) is 24.2. The largest absolute Gasteiger partial charge is 0.363 e. The molecular formula is C21H34N6O. The molecule has 7 nitrogen and oxygen atoms in total. The third-order valence-electron chi connectivity index (χ3n) is 6.47. The van der Waals surface area contributed by atoms with E-state index in [1.54, 1.807) is 6.33 Å². The van der Waals surface area contributed by atoms with Crippen LogP contribution in [0.25, 0.3) is 0 Å². The van der Waals surface area contributed by atoms with Crippen LogP contribution in [0.4, 0.5) is 11.6 Å². The fourth-order valence-corrected chi connectivity index (χ4v) is 4.76. The van der Waals surface area contributed by atoms with Gasteiger partial charge in [0.25, 0.3) is 0 Å². The fraction of sp³-hybridized carbons (Fsp3) is 0.762.